The van der Waals surface area contributed by atoms with Gasteiger partial charge in [-0.15, -0.1) is 24.0 Å². The average molecular weight is 490 g/mol. The Bertz CT molecular complexity index is 556. The van der Waals surface area contributed by atoms with Crippen molar-refractivity contribution in [3.05, 3.63) is 0 Å². The zero-order valence-corrected chi connectivity index (χ0v) is 18.8. The van der Waals surface area contributed by atoms with Crippen LogP contribution in [0.1, 0.15) is 20.3 Å². The second kappa shape index (κ2) is 11.2. The van der Waals surface area contributed by atoms with E-state index in [4.69, 9.17) is 4.74 Å². The minimum Gasteiger partial charge on any atom is -0.469 e. The monoisotopic (exact) mass is 490 g/mol. The predicted molar refractivity (Wildman–Crippen MR) is 110 cm³/mol. The van der Waals surface area contributed by atoms with E-state index in [1.807, 2.05) is 18.7 Å². The first kappa shape index (κ1) is 24.4. The number of carbonyl (C=O) groups excluding carboxylic acids is 1. The molecule has 2 unspecified atom stereocenters. The van der Waals surface area contributed by atoms with Crippen LogP contribution >= 0.6 is 24.0 Å². The maximum absolute atomic E-state index is 11.8. The summed E-state index contributed by atoms with van der Waals surface area (Å²) in [5.74, 6) is 0.606. The van der Waals surface area contributed by atoms with Crippen LogP contribution < -0.4 is 5.32 Å². The summed E-state index contributed by atoms with van der Waals surface area (Å²) in [5, 5.41) is 3.24. The predicted octanol–water partition coefficient (Wildman–Crippen LogP) is 0.592. The minimum atomic E-state index is -3.15. The molecule has 1 fully saturated rings. The number of aliphatic imine (C=N–C) groups is 1. The molecule has 0 radical (unpaired) electrons. The van der Waals surface area contributed by atoms with Crippen LogP contribution in [-0.2, 0) is 19.6 Å². The Labute approximate surface area is 168 Å². The number of esters is 1. The molecular weight excluding hydrogens is 459 g/mol. The number of hydrogen-bond donors (Lipinski definition) is 1. The zero-order chi connectivity index (χ0) is 18.3. The topological polar surface area (TPSA) is 91.3 Å². The molecule has 25 heavy (non-hydrogen) atoms. The molecule has 1 aliphatic rings. The third-order valence-corrected chi connectivity index (χ3v) is 5.70. The van der Waals surface area contributed by atoms with Crippen LogP contribution in [0.4, 0.5) is 0 Å². The largest absolute Gasteiger partial charge is 0.469 e. The number of rotatable bonds is 7. The Morgan fingerprint density at radius 2 is 2.04 bits per heavy atom. The molecule has 1 rings (SSSR count). The van der Waals surface area contributed by atoms with Gasteiger partial charge in [0.05, 0.1) is 19.3 Å². The lowest BCUT2D eigenvalue weighted by Gasteiger charge is -2.22. The quantitative estimate of drug-likeness (QED) is 0.185. The number of nitrogens with zero attached hydrogens (tertiary/aromatic N) is 3. The SMILES string of the molecule is CCN(CCCNC(=NC)N1CC(C)C(C(=O)OC)C1)S(C)(=O)=O.I. The zero-order valence-electron chi connectivity index (χ0n) is 15.7. The van der Waals surface area contributed by atoms with E-state index in [1.165, 1.54) is 17.7 Å². The van der Waals surface area contributed by atoms with Gasteiger partial charge in [-0.3, -0.25) is 9.79 Å². The maximum Gasteiger partial charge on any atom is 0.310 e. The van der Waals surface area contributed by atoms with Crippen LogP contribution in [0.2, 0.25) is 0 Å². The Kier molecular flexibility index (Phi) is 10.9. The summed E-state index contributed by atoms with van der Waals surface area (Å²) in [6.45, 7) is 6.73. The number of guanidine groups is 1. The fourth-order valence-corrected chi connectivity index (χ4v) is 3.87. The molecular formula is C15H31IN4O4S. The summed E-state index contributed by atoms with van der Waals surface area (Å²) in [7, 11) is -0.0399. The highest BCUT2D eigenvalue weighted by Crippen LogP contribution is 2.23. The first-order valence-electron chi connectivity index (χ1n) is 8.23. The van der Waals surface area contributed by atoms with Gasteiger partial charge in [-0.2, -0.15) is 0 Å². The molecule has 1 heterocycles. The second-order valence-corrected chi connectivity index (χ2v) is 8.08. The van der Waals surface area contributed by atoms with Crippen molar-refractivity contribution in [2.75, 3.05) is 53.1 Å². The van der Waals surface area contributed by atoms with Gasteiger partial charge in [-0.25, -0.2) is 12.7 Å². The molecule has 2 atom stereocenters. The first-order chi connectivity index (χ1) is 11.2. The molecule has 0 aromatic carbocycles. The number of likely N-dealkylation sites (tertiary alicyclic amines) is 1. The molecule has 1 N–H and O–H groups in total. The lowest BCUT2D eigenvalue weighted by atomic mass is 9.99. The minimum absolute atomic E-state index is 0. The number of nitrogens with one attached hydrogen (secondary N) is 1. The normalized spacial score (nSPS) is 21.2. The van der Waals surface area contributed by atoms with Crippen molar-refractivity contribution in [3.63, 3.8) is 0 Å². The van der Waals surface area contributed by atoms with E-state index in [9.17, 15) is 13.2 Å². The smallest absolute Gasteiger partial charge is 0.310 e. The summed E-state index contributed by atoms with van der Waals surface area (Å²) < 4.78 is 29.4. The highest BCUT2D eigenvalue weighted by Gasteiger charge is 2.36. The number of hydrogen-bond acceptors (Lipinski definition) is 5. The molecule has 148 valence electrons. The van der Waals surface area contributed by atoms with Gasteiger partial charge in [-0.05, 0) is 12.3 Å². The molecule has 0 aromatic heterocycles. The molecule has 0 spiro atoms. The highest BCUT2D eigenvalue weighted by atomic mass is 127. The van der Waals surface area contributed by atoms with Crippen LogP contribution in [0.3, 0.4) is 0 Å². The van der Waals surface area contributed by atoms with E-state index in [-0.39, 0.29) is 41.8 Å². The van der Waals surface area contributed by atoms with Crippen molar-refractivity contribution in [2.24, 2.45) is 16.8 Å². The second-order valence-electron chi connectivity index (χ2n) is 6.09. The van der Waals surface area contributed by atoms with Crippen molar-refractivity contribution in [1.82, 2.24) is 14.5 Å². The van der Waals surface area contributed by atoms with E-state index in [0.29, 0.717) is 32.6 Å². The number of carbonyl (C=O) groups is 1. The van der Waals surface area contributed by atoms with E-state index in [0.717, 1.165) is 12.5 Å². The van der Waals surface area contributed by atoms with Gasteiger partial charge in [0.25, 0.3) is 0 Å². The fraction of sp³-hybridized carbons (Fsp3) is 0.867. The average Bonchev–Trinajstić information content (AvgIpc) is 2.90. The van der Waals surface area contributed by atoms with Gasteiger partial charge in [0, 0.05) is 39.8 Å². The Morgan fingerprint density at radius 1 is 1.40 bits per heavy atom. The third-order valence-electron chi connectivity index (χ3n) is 4.32. The molecule has 0 saturated carbocycles. The maximum atomic E-state index is 11.8. The van der Waals surface area contributed by atoms with Crippen molar-refractivity contribution < 1.29 is 17.9 Å². The summed E-state index contributed by atoms with van der Waals surface area (Å²) in [6, 6.07) is 0. The van der Waals surface area contributed by atoms with Crippen molar-refractivity contribution in [1.29, 1.82) is 0 Å². The molecule has 0 bridgehead atoms. The van der Waals surface area contributed by atoms with Crippen molar-refractivity contribution >= 4 is 45.9 Å². The van der Waals surface area contributed by atoms with Crippen LogP contribution in [-0.4, -0.2) is 82.7 Å². The van der Waals surface area contributed by atoms with Crippen LogP contribution in [0.5, 0.6) is 0 Å². The van der Waals surface area contributed by atoms with Gasteiger partial charge in [-0.1, -0.05) is 13.8 Å². The van der Waals surface area contributed by atoms with E-state index in [1.54, 1.807) is 7.05 Å². The van der Waals surface area contributed by atoms with Crippen LogP contribution in [0.15, 0.2) is 4.99 Å². The van der Waals surface area contributed by atoms with Gasteiger partial charge in [0.2, 0.25) is 10.0 Å². The van der Waals surface area contributed by atoms with Crippen LogP contribution in [0, 0.1) is 11.8 Å². The van der Waals surface area contributed by atoms with Crippen molar-refractivity contribution in [3.8, 4) is 0 Å². The standard InChI is InChI=1S/C15H30N4O4S.HI/c1-6-19(24(5,21)22)9-7-8-17-15(16-3)18-10-12(2)13(11-18)14(20)23-4;/h12-13H,6-11H2,1-5H3,(H,16,17);1H. The first-order valence-corrected chi connectivity index (χ1v) is 10.1. The third kappa shape index (κ3) is 7.26. The molecule has 8 nitrogen and oxygen atoms in total. The molecule has 0 aromatic rings. The van der Waals surface area contributed by atoms with E-state index >= 15 is 0 Å². The molecule has 10 heteroatoms. The molecule has 0 aliphatic carbocycles. The van der Waals surface area contributed by atoms with Gasteiger partial charge >= 0.3 is 5.97 Å². The van der Waals surface area contributed by atoms with Gasteiger partial charge in [0.15, 0.2) is 5.96 Å². The summed E-state index contributed by atoms with van der Waals surface area (Å²) >= 11 is 0. The highest BCUT2D eigenvalue weighted by molar-refractivity contribution is 14.0. The lowest BCUT2D eigenvalue weighted by Crippen LogP contribution is -2.42. The molecule has 1 saturated heterocycles. The number of halogens is 1. The van der Waals surface area contributed by atoms with Gasteiger partial charge in [0.1, 0.15) is 0 Å². The number of ether oxygens (including phenoxy) is 1. The Hall–Kier alpha value is -0.620. The van der Waals surface area contributed by atoms with E-state index in [2.05, 4.69) is 10.3 Å². The molecule has 0 amide bonds. The van der Waals surface area contributed by atoms with E-state index < -0.39 is 10.0 Å². The van der Waals surface area contributed by atoms with Crippen molar-refractivity contribution in [2.45, 2.75) is 20.3 Å². The van der Waals surface area contributed by atoms with Crippen LogP contribution in [0.25, 0.3) is 0 Å². The molecule has 1 aliphatic heterocycles. The lowest BCUT2D eigenvalue weighted by molar-refractivity contribution is -0.145. The summed E-state index contributed by atoms with van der Waals surface area (Å²) in [4.78, 5) is 18.1. The number of methoxy groups -OCH3 is 1. The summed E-state index contributed by atoms with van der Waals surface area (Å²) in [6.07, 6.45) is 1.91. The number of sulfonamides is 1. The Balaban J connectivity index is 0.00000576. The van der Waals surface area contributed by atoms with Gasteiger partial charge < -0.3 is 15.0 Å². The fourth-order valence-electron chi connectivity index (χ4n) is 2.94. The Morgan fingerprint density at radius 3 is 2.52 bits per heavy atom. The summed E-state index contributed by atoms with van der Waals surface area (Å²) in [5.41, 5.74) is 0.